The number of rotatable bonds is 3. The SMILES string of the molecule is O=C(Cl)c1cc(CCl)c(C(F)(F)F)nc1OC(F)(F)F. The Morgan fingerprint density at radius 1 is 1.25 bits per heavy atom. The molecule has 0 unspecified atom stereocenters. The van der Waals surface area contributed by atoms with Crippen LogP contribution in [-0.4, -0.2) is 16.6 Å². The van der Waals surface area contributed by atoms with Crippen molar-refractivity contribution in [2.45, 2.75) is 18.4 Å². The lowest BCUT2D eigenvalue weighted by atomic mass is 10.1. The number of ether oxygens (including phenoxy) is 1. The molecule has 0 saturated heterocycles. The van der Waals surface area contributed by atoms with Gasteiger partial charge in [0.25, 0.3) is 5.24 Å². The van der Waals surface area contributed by atoms with Crippen LogP contribution in [-0.2, 0) is 12.1 Å². The van der Waals surface area contributed by atoms with Crippen molar-refractivity contribution < 1.29 is 35.9 Å². The fraction of sp³-hybridized carbons (Fsp3) is 0.333. The number of pyridine rings is 1. The number of nitrogens with zero attached hydrogens (tertiary/aromatic N) is 1. The maximum absolute atomic E-state index is 12.6. The zero-order valence-electron chi connectivity index (χ0n) is 9.07. The molecule has 0 aliphatic heterocycles. The van der Waals surface area contributed by atoms with E-state index in [1.54, 1.807) is 0 Å². The molecule has 0 bridgehead atoms. The number of carbonyl (C=O) groups is 1. The lowest BCUT2D eigenvalue weighted by molar-refractivity contribution is -0.276. The molecule has 1 heterocycles. The molecule has 0 atom stereocenters. The Bertz CT molecular complexity index is 528. The summed E-state index contributed by atoms with van der Waals surface area (Å²) in [5.41, 5.74) is -3.35. The van der Waals surface area contributed by atoms with Crippen LogP contribution in [0.15, 0.2) is 6.07 Å². The minimum absolute atomic E-state index is 0.458. The van der Waals surface area contributed by atoms with Gasteiger partial charge in [-0.2, -0.15) is 13.2 Å². The summed E-state index contributed by atoms with van der Waals surface area (Å²) in [4.78, 5) is 13.6. The molecule has 0 aliphatic carbocycles. The smallest absolute Gasteiger partial charge is 0.387 e. The summed E-state index contributed by atoms with van der Waals surface area (Å²) in [5.74, 6) is -2.32. The lowest BCUT2D eigenvalue weighted by Gasteiger charge is -2.15. The van der Waals surface area contributed by atoms with Gasteiger partial charge in [-0.1, -0.05) is 0 Å². The van der Waals surface area contributed by atoms with E-state index < -0.39 is 46.4 Å². The zero-order chi connectivity index (χ0) is 15.7. The monoisotopic (exact) mass is 341 g/mol. The first-order valence-corrected chi connectivity index (χ1v) is 5.49. The summed E-state index contributed by atoms with van der Waals surface area (Å²) in [6.07, 6.45) is -10.4. The third-order valence-corrected chi connectivity index (χ3v) is 2.39. The average Bonchev–Trinajstić information content (AvgIpc) is 2.24. The minimum atomic E-state index is -5.33. The summed E-state index contributed by atoms with van der Waals surface area (Å²) in [6, 6.07) is 0.458. The van der Waals surface area contributed by atoms with Crippen LogP contribution >= 0.6 is 23.2 Å². The average molecular weight is 342 g/mol. The Hall–Kier alpha value is -1.22. The molecular formula is C9H3Cl2F6NO2. The van der Waals surface area contributed by atoms with Gasteiger partial charge >= 0.3 is 12.5 Å². The van der Waals surface area contributed by atoms with Gasteiger partial charge in [0.05, 0.1) is 5.56 Å². The summed E-state index contributed by atoms with van der Waals surface area (Å²) in [7, 11) is 0. The highest BCUT2D eigenvalue weighted by atomic mass is 35.5. The van der Waals surface area contributed by atoms with Crippen molar-refractivity contribution in [3.8, 4) is 5.88 Å². The molecule has 0 amide bonds. The molecule has 11 heteroatoms. The van der Waals surface area contributed by atoms with Gasteiger partial charge < -0.3 is 4.74 Å². The van der Waals surface area contributed by atoms with Gasteiger partial charge in [0, 0.05) is 5.88 Å². The normalized spacial score (nSPS) is 12.4. The van der Waals surface area contributed by atoms with E-state index in [0.717, 1.165) is 0 Å². The fourth-order valence-electron chi connectivity index (χ4n) is 1.21. The Balaban J connectivity index is 3.51. The molecule has 1 rings (SSSR count). The maximum atomic E-state index is 12.6. The van der Waals surface area contributed by atoms with E-state index >= 15 is 0 Å². The van der Waals surface area contributed by atoms with E-state index in [1.807, 2.05) is 0 Å². The summed E-state index contributed by atoms with van der Waals surface area (Å²) in [5, 5.41) is -1.46. The van der Waals surface area contributed by atoms with Crippen molar-refractivity contribution >= 4 is 28.4 Å². The molecule has 1 aromatic heterocycles. The van der Waals surface area contributed by atoms with E-state index in [2.05, 4.69) is 9.72 Å². The predicted molar refractivity (Wildman–Crippen MR) is 55.7 cm³/mol. The highest BCUT2D eigenvalue weighted by molar-refractivity contribution is 6.68. The number of halogens is 8. The molecule has 1 aromatic rings. The molecule has 0 saturated carbocycles. The molecule has 0 N–H and O–H groups in total. The predicted octanol–water partition coefficient (Wildman–Crippen LogP) is 4.12. The molecule has 0 radical (unpaired) electrons. The molecular weight excluding hydrogens is 339 g/mol. The lowest BCUT2D eigenvalue weighted by Crippen LogP contribution is -2.22. The second kappa shape index (κ2) is 5.65. The van der Waals surface area contributed by atoms with Gasteiger partial charge in [0.2, 0.25) is 5.88 Å². The van der Waals surface area contributed by atoms with E-state index in [0.29, 0.717) is 6.07 Å². The van der Waals surface area contributed by atoms with Crippen LogP contribution in [0.3, 0.4) is 0 Å². The van der Waals surface area contributed by atoms with Crippen LogP contribution < -0.4 is 4.74 Å². The molecule has 0 spiro atoms. The van der Waals surface area contributed by atoms with Crippen molar-refractivity contribution in [2.24, 2.45) is 0 Å². The number of alkyl halides is 7. The molecule has 3 nitrogen and oxygen atoms in total. The third kappa shape index (κ3) is 4.14. The summed E-state index contributed by atoms with van der Waals surface area (Å²) in [6.45, 7) is 0. The Labute approximate surface area is 117 Å². The van der Waals surface area contributed by atoms with Gasteiger partial charge in [0.1, 0.15) is 0 Å². The van der Waals surface area contributed by atoms with E-state index in [4.69, 9.17) is 23.2 Å². The molecule has 0 aromatic carbocycles. The number of carbonyl (C=O) groups excluding carboxylic acids is 1. The first-order valence-electron chi connectivity index (χ1n) is 4.58. The van der Waals surface area contributed by atoms with Gasteiger partial charge in [-0.15, -0.1) is 24.8 Å². The van der Waals surface area contributed by atoms with Crippen molar-refractivity contribution in [1.82, 2.24) is 4.98 Å². The van der Waals surface area contributed by atoms with Crippen LogP contribution in [0.25, 0.3) is 0 Å². The Morgan fingerprint density at radius 2 is 1.80 bits per heavy atom. The standard InChI is InChI=1S/C9H3Cl2F6NO2/c10-2-3-1-4(6(11)19)7(20-9(15,16)17)18-5(3)8(12,13)14/h1H,2H2. The van der Waals surface area contributed by atoms with E-state index in [1.165, 1.54) is 0 Å². The maximum Gasteiger partial charge on any atom is 0.574 e. The second-order valence-corrected chi connectivity index (χ2v) is 3.91. The van der Waals surface area contributed by atoms with Gasteiger partial charge in [-0.25, -0.2) is 4.98 Å². The van der Waals surface area contributed by atoms with Crippen molar-refractivity contribution in [3.63, 3.8) is 0 Å². The Kier molecular flexibility index (Phi) is 4.75. The van der Waals surface area contributed by atoms with Crippen LogP contribution in [0.5, 0.6) is 5.88 Å². The van der Waals surface area contributed by atoms with E-state index in [9.17, 15) is 31.1 Å². The van der Waals surface area contributed by atoms with Crippen LogP contribution in [0, 0.1) is 0 Å². The Morgan fingerprint density at radius 3 is 2.15 bits per heavy atom. The largest absolute Gasteiger partial charge is 0.574 e. The van der Waals surface area contributed by atoms with Gasteiger partial charge in [-0.05, 0) is 23.2 Å². The number of hydrogen-bond donors (Lipinski definition) is 0. The van der Waals surface area contributed by atoms with Gasteiger partial charge in [0.15, 0.2) is 5.69 Å². The van der Waals surface area contributed by atoms with Crippen LogP contribution in [0.1, 0.15) is 21.6 Å². The molecule has 112 valence electrons. The first-order chi connectivity index (χ1) is 8.95. The highest BCUT2D eigenvalue weighted by Crippen LogP contribution is 2.36. The molecule has 0 fully saturated rings. The number of hydrogen-bond acceptors (Lipinski definition) is 3. The van der Waals surface area contributed by atoms with Crippen molar-refractivity contribution in [1.29, 1.82) is 0 Å². The topological polar surface area (TPSA) is 39.2 Å². The van der Waals surface area contributed by atoms with Crippen molar-refractivity contribution in [3.05, 3.63) is 22.9 Å². The number of aromatic nitrogens is 1. The van der Waals surface area contributed by atoms with Gasteiger partial charge in [-0.3, -0.25) is 4.79 Å². The summed E-state index contributed by atoms with van der Waals surface area (Å²) >= 11 is 10.2. The quantitative estimate of drug-likeness (QED) is 0.471. The highest BCUT2D eigenvalue weighted by Gasteiger charge is 2.39. The van der Waals surface area contributed by atoms with Crippen LogP contribution in [0.2, 0.25) is 0 Å². The molecule has 20 heavy (non-hydrogen) atoms. The van der Waals surface area contributed by atoms with Crippen molar-refractivity contribution in [2.75, 3.05) is 0 Å². The second-order valence-electron chi connectivity index (χ2n) is 3.30. The summed E-state index contributed by atoms with van der Waals surface area (Å²) < 4.78 is 77.3. The zero-order valence-corrected chi connectivity index (χ0v) is 10.6. The van der Waals surface area contributed by atoms with E-state index in [-0.39, 0.29) is 0 Å². The first kappa shape index (κ1) is 16.8. The minimum Gasteiger partial charge on any atom is -0.387 e. The molecule has 0 aliphatic rings. The van der Waals surface area contributed by atoms with Crippen LogP contribution in [0.4, 0.5) is 26.3 Å². The third-order valence-electron chi connectivity index (χ3n) is 1.90. The fourth-order valence-corrected chi connectivity index (χ4v) is 1.55.